The summed E-state index contributed by atoms with van der Waals surface area (Å²) in [6.07, 6.45) is 1.80. The number of rotatable bonds is 5. The first kappa shape index (κ1) is 19.9. The number of amides is 2. The fourth-order valence-electron chi connectivity index (χ4n) is 3.42. The van der Waals surface area contributed by atoms with Gasteiger partial charge in [0.2, 0.25) is 0 Å². The van der Waals surface area contributed by atoms with E-state index < -0.39 is 5.91 Å². The maximum atomic E-state index is 12.5. The number of oxime groups is 1. The molecule has 1 aliphatic rings. The molecular weight excluding hydrogens is 378 g/mol. The Bertz CT molecular complexity index is 919. The molecule has 0 radical (unpaired) electrons. The molecule has 3 rings (SSSR count). The van der Waals surface area contributed by atoms with E-state index in [1.54, 1.807) is 11.0 Å². The van der Waals surface area contributed by atoms with Crippen molar-refractivity contribution >= 4 is 41.0 Å². The van der Waals surface area contributed by atoms with Gasteiger partial charge in [0.05, 0.1) is 10.7 Å². The number of carbonyl (C=O) groups is 2. The zero-order chi connectivity index (χ0) is 20.3. The van der Waals surface area contributed by atoms with E-state index in [0.29, 0.717) is 10.7 Å². The Labute approximate surface area is 169 Å². The number of hydrogen-bond donors (Lipinski definition) is 1. The minimum absolute atomic E-state index is 0.0624. The van der Waals surface area contributed by atoms with E-state index in [9.17, 15) is 9.59 Å². The van der Waals surface area contributed by atoms with Crippen molar-refractivity contribution < 1.29 is 14.4 Å². The van der Waals surface area contributed by atoms with Crippen LogP contribution in [0.4, 0.5) is 11.4 Å². The Morgan fingerprint density at radius 3 is 2.82 bits per heavy atom. The normalized spacial score (nSPS) is 15.6. The lowest BCUT2D eigenvalue weighted by atomic mass is 10.1. The lowest BCUT2D eigenvalue weighted by Gasteiger charge is -2.21. The second-order valence-electron chi connectivity index (χ2n) is 6.88. The van der Waals surface area contributed by atoms with Gasteiger partial charge in [-0.15, -0.1) is 0 Å². The molecule has 6 nitrogen and oxygen atoms in total. The van der Waals surface area contributed by atoms with Gasteiger partial charge in [-0.2, -0.15) is 0 Å². The van der Waals surface area contributed by atoms with Crippen molar-refractivity contribution in [1.82, 2.24) is 0 Å². The van der Waals surface area contributed by atoms with Crippen LogP contribution in [-0.2, 0) is 20.8 Å². The maximum Gasteiger partial charge on any atom is 0.270 e. The highest BCUT2D eigenvalue weighted by Gasteiger charge is 2.30. The van der Waals surface area contributed by atoms with Gasteiger partial charge in [0, 0.05) is 11.7 Å². The van der Waals surface area contributed by atoms with E-state index in [4.69, 9.17) is 16.4 Å². The molecule has 7 heteroatoms. The number of aryl methyl sites for hydroxylation is 2. The zero-order valence-corrected chi connectivity index (χ0v) is 16.8. The summed E-state index contributed by atoms with van der Waals surface area (Å²) in [5.74, 6) is -0.686. The molecule has 1 aliphatic heterocycles. The van der Waals surface area contributed by atoms with Crippen LogP contribution in [0.2, 0.25) is 5.02 Å². The summed E-state index contributed by atoms with van der Waals surface area (Å²) in [7, 11) is 0. The first-order valence-electron chi connectivity index (χ1n) is 9.00. The van der Waals surface area contributed by atoms with Crippen LogP contribution in [0.25, 0.3) is 0 Å². The number of para-hydroxylation sites is 1. The smallest absolute Gasteiger partial charge is 0.270 e. The van der Waals surface area contributed by atoms with Crippen LogP contribution in [0.15, 0.2) is 41.6 Å². The van der Waals surface area contributed by atoms with Crippen LogP contribution in [0.1, 0.15) is 23.6 Å². The number of halogens is 1. The van der Waals surface area contributed by atoms with Gasteiger partial charge in [-0.25, -0.2) is 0 Å². The summed E-state index contributed by atoms with van der Waals surface area (Å²) in [6, 6.07) is 11.5. The SMILES string of the molecule is Cc1cc(C)c(NC(=O)/C=N\OCC(=O)N2c3ccccc3C[C@@H]2C)c(Cl)c1. The number of nitrogens with zero attached hydrogens (tertiary/aromatic N) is 2. The highest BCUT2D eigenvalue weighted by molar-refractivity contribution is 6.37. The Morgan fingerprint density at radius 1 is 1.32 bits per heavy atom. The van der Waals surface area contributed by atoms with E-state index in [0.717, 1.165) is 35.0 Å². The van der Waals surface area contributed by atoms with Crippen molar-refractivity contribution in [2.75, 3.05) is 16.8 Å². The fraction of sp³-hybridized carbons (Fsp3) is 0.286. The van der Waals surface area contributed by atoms with Gasteiger partial charge in [-0.1, -0.05) is 41.0 Å². The van der Waals surface area contributed by atoms with Gasteiger partial charge in [-0.3, -0.25) is 9.59 Å². The third kappa shape index (κ3) is 4.34. The van der Waals surface area contributed by atoms with Crippen LogP contribution >= 0.6 is 11.6 Å². The molecule has 0 fully saturated rings. The van der Waals surface area contributed by atoms with Gasteiger partial charge in [0.25, 0.3) is 11.8 Å². The minimum atomic E-state index is -0.485. The molecule has 1 heterocycles. The maximum absolute atomic E-state index is 12.5. The minimum Gasteiger partial charge on any atom is -0.385 e. The molecule has 1 N–H and O–H groups in total. The molecule has 2 amide bonds. The van der Waals surface area contributed by atoms with Crippen molar-refractivity contribution in [3.05, 3.63) is 58.1 Å². The number of fused-ring (bicyclic) bond motifs is 1. The quantitative estimate of drug-likeness (QED) is 0.612. The molecule has 0 saturated carbocycles. The van der Waals surface area contributed by atoms with Crippen LogP contribution in [-0.4, -0.2) is 30.7 Å². The van der Waals surface area contributed by atoms with E-state index >= 15 is 0 Å². The third-order valence-electron chi connectivity index (χ3n) is 4.59. The predicted molar refractivity (Wildman–Crippen MR) is 111 cm³/mol. The fourth-order valence-corrected chi connectivity index (χ4v) is 3.79. The van der Waals surface area contributed by atoms with Crippen LogP contribution in [0.5, 0.6) is 0 Å². The Morgan fingerprint density at radius 2 is 2.07 bits per heavy atom. The van der Waals surface area contributed by atoms with Gasteiger partial charge >= 0.3 is 0 Å². The molecule has 28 heavy (non-hydrogen) atoms. The lowest BCUT2D eigenvalue weighted by Crippen LogP contribution is -2.38. The topological polar surface area (TPSA) is 71.0 Å². The second kappa shape index (κ2) is 8.44. The van der Waals surface area contributed by atoms with E-state index in [-0.39, 0.29) is 18.6 Å². The van der Waals surface area contributed by atoms with Crippen molar-refractivity contribution in [3.8, 4) is 0 Å². The molecule has 0 spiro atoms. The van der Waals surface area contributed by atoms with Crippen LogP contribution in [0.3, 0.4) is 0 Å². The standard InChI is InChI=1S/C21H22ClN3O3/c1-13-8-14(2)21(17(22)9-13)24-19(26)11-23-28-12-20(27)25-15(3)10-16-6-4-5-7-18(16)25/h4-9,11,15H,10,12H2,1-3H3,(H,24,26)/b23-11-/t15-/m0/s1. The number of carbonyl (C=O) groups excluding carboxylic acids is 2. The molecule has 0 aromatic heterocycles. The monoisotopic (exact) mass is 399 g/mol. The van der Waals surface area contributed by atoms with Gasteiger partial charge in [0.1, 0.15) is 6.21 Å². The molecule has 1 atom stereocenters. The summed E-state index contributed by atoms with van der Waals surface area (Å²) in [6.45, 7) is 5.53. The number of anilines is 2. The lowest BCUT2D eigenvalue weighted by molar-refractivity contribution is -0.123. The van der Waals surface area contributed by atoms with Crippen LogP contribution in [0, 0.1) is 13.8 Å². The predicted octanol–water partition coefficient (Wildman–Crippen LogP) is 3.88. The molecule has 2 aromatic rings. The molecule has 2 aromatic carbocycles. The second-order valence-corrected chi connectivity index (χ2v) is 7.29. The van der Waals surface area contributed by atoms with Gasteiger partial charge in [0.15, 0.2) is 6.61 Å². The molecule has 0 saturated heterocycles. The Kier molecular flexibility index (Phi) is 5.99. The summed E-state index contributed by atoms with van der Waals surface area (Å²) >= 11 is 6.17. The third-order valence-corrected chi connectivity index (χ3v) is 4.89. The van der Waals surface area contributed by atoms with E-state index in [1.807, 2.05) is 51.1 Å². The van der Waals surface area contributed by atoms with Gasteiger partial charge in [-0.05, 0) is 56.0 Å². The number of nitrogens with one attached hydrogen (secondary N) is 1. The molecular formula is C21H22ClN3O3. The van der Waals surface area contributed by atoms with E-state index in [1.165, 1.54) is 0 Å². The summed E-state index contributed by atoms with van der Waals surface area (Å²) in [5, 5.41) is 6.74. The van der Waals surface area contributed by atoms with Crippen molar-refractivity contribution in [3.63, 3.8) is 0 Å². The zero-order valence-electron chi connectivity index (χ0n) is 16.0. The van der Waals surface area contributed by atoms with Crippen molar-refractivity contribution in [2.45, 2.75) is 33.2 Å². The van der Waals surface area contributed by atoms with Crippen LogP contribution < -0.4 is 10.2 Å². The highest BCUT2D eigenvalue weighted by Crippen LogP contribution is 2.31. The summed E-state index contributed by atoms with van der Waals surface area (Å²) < 4.78 is 0. The molecule has 0 bridgehead atoms. The highest BCUT2D eigenvalue weighted by atomic mass is 35.5. The average Bonchev–Trinajstić information content (AvgIpc) is 2.97. The number of benzene rings is 2. The molecule has 0 unspecified atom stereocenters. The molecule has 146 valence electrons. The Balaban J connectivity index is 1.54. The Hall–Kier alpha value is -2.86. The van der Waals surface area contributed by atoms with Crippen molar-refractivity contribution in [1.29, 1.82) is 0 Å². The largest absolute Gasteiger partial charge is 0.385 e. The number of hydrogen-bond acceptors (Lipinski definition) is 4. The molecule has 0 aliphatic carbocycles. The van der Waals surface area contributed by atoms with Crippen molar-refractivity contribution in [2.24, 2.45) is 5.16 Å². The summed E-state index contributed by atoms with van der Waals surface area (Å²) in [5.41, 5.74) is 4.42. The van der Waals surface area contributed by atoms with Gasteiger partial charge < -0.3 is 15.1 Å². The average molecular weight is 400 g/mol. The van der Waals surface area contributed by atoms with E-state index in [2.05, 4.69) is 10.5 Å². The first-order valence-corrected chi connectivity index (χ1v) is 9.37. The summed E-state index contributed by atoms with van der Waals surface area (Å²) in [4.78, 5) is 31.3. The first-order chi connectivity index (χ1) is 13.4.